The summed E-state index contributed by atoms with van der Waals surface area (Å²) in [5.41, 5.74) is 1.39. The zero-order valence-electron chi connectivity index (χ0n) is 17.1. The maximum Gasteiger partial charge on any atom is 0.277 e. The predicted molar refractivity (Wildman–Crippen MR) is 124 cm³/mol. The van der Waals surface area contributed by atoms with Crippen LogP contribution in [0.2, 0.25) is 0 Å². The molecule has 0 fully saturated rings. The van der Waals surface area contributed by atoms with E-state index in [2.05, 4.69) is 23.7 Å². The van der Waals surface area contributed by atoms with Gasteiger partial charge in [-0.25, -0.2) is 0 Å². The Kier molecular flexibility index (Phi) is 5.17. The van der Waals surface area contributed by atoms with Crippen LogP contribution in [0, 0.1) is 33.8 Å². The van der Waals surface area contributed by atoms with Crippen molar-refractivity contribution in [3.05, 3.63) is 99.6 Å². The number of hydrogen-bond acceptors (Lipinski definition) is 3. The van der Waals surface area contributed by atoms with E-state index in [0.717, 1.165) is 32.8 Å². The second-order valence-corrected chi connectivity index (χ2v) is 7.70. The molecule has 4 nitrogen and oxygen atoms in total. The average Bonchev–Trinajstić information content (AvgIpc) is 2.75. The van der Waals surface area contributed by atoms with Gasteiger partial charge in [-0.05, 0) is 48.9 Å². The van der Waals surface area contributed by atoms with E-state index in [-0.39, 0.29) is 10.6 Å². The number of hydrogen-bond donors (Lipinski definition) is 1. The van der Waals surface area contributed by atoms with E-state index in [9.17, 15) is 15.2 Å². The molecule has 0 saturated heterocycles. The summed E-state index contributed by atoms with van der Waals surface area (Å²) in [6.07, 6.45) is 0. The van der Waals surface area contributed by atoms with E-state index in [1.54, 1.807) is 32.0 Å². The van der Waals surface area contributed by atoms with E-state index in [1.165, 1.54) is 6.07 Å². The Morgan fingerprint density at radius 3 is 1.61 bits per heavy atom. The van der Waals surface area contributed by atoms with Gasteiger partial charge < -0.3 is 5.11 Å². The number of benzene rings is 4. The monoisotopic (exact) mass is 405 g/mol. The maximum absolute atomic E-state index is 11.3. The van der Waals surface area contributed by atoms with Crippen LogP contribution in [-0.2, 0) is 0 Å². The minimum Gasteiger partial charge on any atom is -0.378 e. The van der Waals surface area contributed by atoms with Gasteiger partial charge in [-0.2, -0.15) is 0 Å². The van der Waals surface area contributed by atoms with Crippen molar-refractivity contribution in [2.24, 2.45) is 0 Å². The minimum atomic E-state index is -1.07. The molecule has 31 heavy (non-hydrogen) atoms. The van der Waals surface area contributed by atoms with Crippen LogP contribution in [0.4, 0.5) is 5.69 Å². The molecular formula is C27H19NO3. The second kappa shape index (κ2) is 7.95. The molecule has 4 aromatic rings. The third-order valence-electron chi connectivity index (χ3n) is 4.85. The molecule has 150 valence electrons. The lowest BCUT2D eigenvalue weighted by atomic mass is 9.99. The van der Waals surface area contributed by atoms with Gasteiger partial charge in [0.05, 0.1) is 10.3 Å². The fraction of sp³-hybridized carbons (Fsp3) is 0.111. The molecule has 1 N–H and O–H groups in total. The number of fused-ring (bicyclic) bond motifs is 2. The Bertz CT molecular complexity index is 1450. The first-order valence-corrected chi connectivity index (χ1v) is 9.79. The van der Waals surface area contributed by atoms with Crippen LogP contribution in [0.15, 0.2) is 72.8 Å². The molecule has 4 aromatic carbocycles. The van der Waals surface area contributed by atoms with Crippen LogP contribution in [0.25, 0.3) is 21.5 Å². The van der Waals surface area contributed by atoms with E-state index in [1.807, 2.05) is 48.5 Å². The molecule has 0 heterocycles. The first-order valence-electron chi connectivity index (χ1n) is 9.79. The molecule has 0 aromatic heterocycles. The Balaban J connectivity index is 1.84. The van der Waals surface area contributed by atoms with Crippen molar-refractivity contribution in [3.8, 4) is 23.7 Å². The molecule has 0 spiro atoms. The molecule has 0 radical (unpaired) electrons. The smallest absolute Gasteiger partial charge is 0.277 e. The summed E-state index contributed by atoms with van der Waals surface area (Å²) < 4.78 is 0. The zero-order valence-corrected chi connectivity index (χ0v) is 17.1. The highest BCUT2D eigenvalue weighted by atomic mass is 16.6. The third-order valence-corrected chi connectivity index (χ3v) is 4.85. The summed E-state index contributed by atoms with van der Waals surface area (Å²) >= 11 is 0. The Hall–Kier alpha value is -4.12. The lowest BCUT2D eigenvalue weighted by Crippen LogP contribution is -2.14. The third kappa shape index (κ3) is 4.26. The van der Waals surface area contributed by atoms with Gasteiger partial charge in [-0.3, -0.25) is 10.1 Å². The van der Waals surface area contributed by atoms with Crippen LogP contribution < -0.4 is 0 Å². The van der Waals surface area contributed by atoms with Crippen molar-refractivity contribution < 1.29 is 10.0 Å². The van der Waals surface area contributed by atoms with Gasteiger partial charge in [0.25, 0.3) is 5.69 Å². The molecule has 4 heteroatoms. The van der Waals surface area contributed by atoms with Crippen molar-refractivity contribution in [3.63, 3.8) is 0 Å². The van der Waals surface area contributed by atoms with Gasteiger partial charge in [0.2, 0.25) is 0 Å². The van der Waals surface area contributed by atoms with Crippen LogP contribution in [0.3, 0.4) is 0 Å². The van der Waals surface area contributed by atoms with Crippen molar-refractivity contribution in [2.45, 2.75) is 19.4 Å². The molecule has 0 aliphatic heterocycles. The topological polar surface area (TPSA) is 63.4 Å². The average molecular weight is 405 g/mol. The van der Waals surface area contributed by atoms with Crippen molar-refractivity contribution in [1.82, 2.24) is 0 Å². The molecule has 0 aliphatic rings. The molecular weight excluding hydrogens is 386 g/mol. The summed E-state index contributed by atoms with van der Waals surface area (Å²) in [6.45, 7) is 3.30. The second-order valence-electron chi connectivity index (χ2n) is 7.70. The SMILES string of the molecule is CC(C)(O)C#Cc1cccc2c(C#Cc3cccc4c([N+](=O)[O-])cccc34)cccc12. The molecule has 4 rings (SSSR count). The molecule has 0 aliphatic carbocycles. The molecule has 0 saturated carbocycles. The quantitative estimate of drug-likeness (QED) is 0.261. The number of nitrogens with zero attached hydrogens (tertiary/aromatic N) is 1. The van der Waals surface area contributed by atoms with Crippen LogP contribution >= 0.6 is 0 Å². The van der Waals surface area contributed by atoms with Gasteiger partial charge >= 0.3 is 0 Å². The highest BCUT2D eigenvalue weighted by Gasteiger charge is 2.12. The number of aliphatic hydroxyl groups is 1. The lowest BCUT2D eigenvalue weighted by Gasteiger charge is -2.07. The first kappa shape index (κ1) is 20.2. The number of nitro groups is 1. The van der Waals surface area contributed by atoms with Gasteiger partial charge in [-0.1, -0.05) is 66.1 Å². The highest BCUT2D eigenvalue weighted by molar-refractivity contribution is 5.96. The summed E-state index contributed by atoms with van der Waals surface area (Å²) in [7, 11) is 0. The minimum absolute atomic E-state index is 0.0707. The summed E-state index contributed by atoms with van der Waals surface area (Å²) in [4.78, 5) is 11.0. The lowest BCUT2D eigenvalue weighted by molar-refractivity contribution is -0.383. The molecule has 0 bridgehead atoms. The summed E-state index contributed by atoms with van der Waals surface area (Å²) in [5, 5.41) is 24.5. The van der Waals surface area contributed by atoms with Crippen LogP contribution in [0.1, 0.15) is 30.5 Å². The van der Waals surface area contributed by atoms with Crippen LogP contribution in [0.5, 0.6) is 0 Å². The Morgan fingerprint density at radius 1 is 0.710 bits per heavy atom. The van der Waals surface area contributed by atoms with Gasteiger partial charge in [-0.15, -0.1) is 0 Å². The summed E-state index contributed by atoms with van der Waals surface area (Å²) in [5.74, 6) is 12.3. The van der Waals surface area contributed by atoms with Gasteiger partial charge in [0.15, 0.2) is 0 Å². The van der Waals surface area contributed by atoms with Crippen LogP contribution in [-0.4, -0.2) is 15.6 Å². The number of rotatable bonds is 1. The fourth-order valence-corrected chi connectivity index (χ4v) is 3.44. The van der Waals surface area contributed by atoms with Gasteiger partial charge in [0.1, 0.15) is 5.60 Å². The summed E-state index contributed by atoms with van der Waals surface area (Å²) in [6, 6.07) is 22.1. The number of non-ortho nitro benzene ring substituents is 1. The number of nitro benzene ring substituents is 1. The largest absolute Gasteiger partial charge is 0.378 e. The zero-order chi connectivity index (χ0) is 22.0. The van der Waals surface area contributed by atoms with Gasteiger partial charge in [0, 0.05) is 28.1 Å². The Labute approximate surface area is 180 Å². The highest BCUT2D eigenvalue weighted by Crippen LogP contribution is 2.28. The maximum atomic E-state index is 11.3. The molecule has 0 unspecified atom stereocenters. The fourth-order valence-electron chi connectivity index (χ4n) is 3.44. The van der Waals surface area contributed by atoms with Crippen molar-refractivity contribution in [2.75, 3.05) is 0 Å². The first-order chi connectivity index (χ1) is 14.8. The van der Waals surface area contributed by atoms with Crippen molar-refractivity contribution in [1.29, 1.82) is 0 Å². The van der Waals surface area contributed by atoms with E-state index in [0.29, 0.717) is 5.39 Å². The van der Waals surface area contributed by atoms with E-state index < -0.39 is 5.60 Å². The normalized spacial score (nSPS) is 10.8. The predicted octanol–water partition coefficient (Wildman–Crippen LogP) is 5.42. The molecule has 0 atom stereocenters. The van der Waals surface area contributed by atoms with E-state index in [4.69, 9.17) is 0 Å². The standard InChI is InChI=1S/C27H19NO3/c1-27(2,29)18-17-21-9-4-10-22-19(7-3-11-23(21)22)15-16-20-8-5-13-25-24(20)12-6-14-26(25)28(30)31/h3-14,29H,1-2H3. The Morgan fingerprint density at radius 2 is 1.13 bits per heavy atom. The molecule has 0 amide bonds. The van der Waals surface area contributed by atoms with E-state index >= 15 is 0 Å². The van der Waals surface area contributed by atoms with Crippen molar-refractivity contribution >= 4 is 27.2 Å².